The monoisotopic (exact) mass is 612 g/mol. The van der Waals surface area contributed by atoms with Crippen molar-refractivity contribution >= 4 is 16.3 Å². The van der Waals surface area contributed by atoms with Gasteiger partial charge in [-0.1, -0.05) is 158 Å². The van der Waals surface area contributed by atoms with Gasteiger partial charge in [-0.15, -0.1) is 0 Å². The van der Waals surface area contributed by atoms with Gasteiger partial charge in [-0.25, -0.2) is 9.97 Å². The number of hydrogen-bond donors (Lipinski definition) is 0. The average Bonchev–Trinajstić information content (AvgIpc) is 3.44. The molecule has 0 bridgehead atoms. The second-order valence-corrected chi connectivity index (χ2v) is 12.5. The zero-order chi connectivity index (χ0) is 32.2. The van der Waals surface area contributed by atoms with Crippen LogP contribution in [0.2, 0.25) is 0 Å². The number of fused-ring (bicyclic) bond motifs is 9. The minimum absolute atomic E-state index is 0.483. The molecule has 0 amide bonds. The SMILES string of the molecule is C=C/C=C(\C=C/C)c1cc(-c2ccc3c(c2)C2(c4ccccc4-3)c3ccccc3-c3cccc4cccc2c34)nc(-c2ccccc2)n1. The number of benzene rings is 6. The van der Waals surface area contributed by atoms with Crippen LogP contribution >= 0.6 is 0 Å². The lowest BCUT2D eigenvalue weighted by Gasteiger charge is -2.40. The lowest BCUT2D eigenvalue weighted by molar-refractivity contribution is 0.773. The van der Waals surface area contributed by atoms with Gasteiger partial charge in [-0.3, -0.25) is 0 Å². The third-order valence-electron chi connectivity index (χ3n) is 9.97. The minimum atomic E-state index is -0.483. The van der Waals surface area contributed by atoms with Crippen LogP contribution in [0.15, 0.2) is 170 Å². The van der Waals surface area contributed by atoms with E-state index in [0.717, 1.165) is 28.1 Å². The number of aromatic nitrogens is 2. The maximum Gasteiger partial charge on any atom is 0.160 e. The van der Waals surface area contributed by atoms with Gasteiger partial charge in [0.1, 0.15) is 0 Å². The van der Waals surface area contributed by atoms with Crippen LogP contribution in [-0.4, -0.2) is 9.97 Å². The molecule has 6 aromatic carbocycles. The molecule has 0 fully saturated rings. The highest BCUT2D eigenvalue weighted by molar-refractivity contribution is 6.07. The van der Waals surface area contributed by atoms with Gasteiger partial charge in [-0.05, 0) is 79.9 Å². The van der Waals surface area contributed by atoms with E-state index in [0.29, 0.717) is 5.82 Å². The van der Waals surface area contributed by atoms with Crippen LogP contribution in [0.3, 0.4) is 0 Å². The van der Waals surface area contributed by atoms with E-state index in [4.69, 9.17) is 9.97 Å². The minimum Gasteiger partial charge on any atom is -0.228 e. The molecule has 1 aromatic heterocycles. The fraction of sp³-hybridized carbons (Fsp3) is 0.0435. The molecule has 1 heterocycles. The molecule has 0 saturated heterocycles. The Hall–Kier alpha value is -6.12. The fourth-order valence-electron chi connectivity index (χ4n) is 8.08. The van der Waals surface area contributed by atoms with Gasteiger partial charge < -0.3 is 0 Å². The van der Waals surface area contributed by atoms with Crippen molar-refractivity contribution in [2.45, 2.75) is 12.3 Å². The normalized spacial score (nSPS) is 15.8. The van der Waals surface area contributed by atoms with Crippen LogP contribution in [0.4, 0.5) is 0 Å². The zero-order valence-corrected chi connectivity index (χ0v) is 26.7. The Balaban J connectivity index is 1.36. The Kier molecular flexibility index (Phi) is 6.45. The summed E-state index contributed by atoms with van der Waals surface area (Å²) in [6.07, 6.45) is 7.93. The number of rotatable bonds is 5. The average molecular weight is 613 g/mol. The molecular weight excluding hydrogens is 581 g/mol. The Morgan fingerprint density at radius 2 is 1.23 bits per heavy atom. The second-order valence-electron chi connectivity index (χ2n) is 12.5. The van der Waals surface area contributed by atoms with E-state index in [1.807, 2.05) is 43.4 Å². The molecule has 9 rings (SSSR count). The first kappa shape index (κ1) is 28.1. The van der Waals surface area contributed by atoms with Gasteiger partial charge in [0.05, 0.1) is 16.8 Å². The summed E-state index contributed by atoms with van der Waals surface area (Å²) in [5.41, 5.74) is 14.7. The number of hydrogen-bond acceptors (Lipinski definition) is 2. The third kappa shape index (κ3) is 3.99. The molecule has 7 aromatic rings. The third-order valence-corrected chi connectivity index (χ3v) is 9.97. The van der Waals surface area contributed by atoms with Crippen molar-refractivity contribution in [2.24, 2.45) is 0 Å². The Morgan fingerprint density at radius 3 is 1.98 bits per heavy atom. The molecule has 0 radical (unpaired) electrons. The maximum absolute atomic E-state index is 5.22. The van der Waals surface area contributed by atoms with E-state index in [1.165, 1.54) is 55.3 Å². The summed E-state index contributed by atoms with van der Waals surface area (Å²) in [4.78, 5) is 10.3. The summed E-state index contributed by atoms with van der Waals surface area (Å²) in [7, 11) is 0. The molecular formula is C46H32N2. The van der Waals surface area contributed by atoms with Crippen molar-refractivity contribution in [1.82, 2.24) is 9.97 Å². The second kappa shape index (κ2) is 11.0. The molecule has 1 atom stereocenters. The predicted octanol–water partition coefficient (Wildman–Crippen LogP) is 11.5. The van der Waals surface area contributed by atoms with Crippen molar-refractivity contribution < 1.29 is 0 Å². The lowest BCUT2D eigenvalue weighted by Crippen LogP contribution is -2.31. The van der Waals surface area contributed by atoms with Gasteiger partial charge in [0.25, 0.3) is 0 Å². The molecule has 2 heteroatoms. The Morgan fingerprint density at radius 1 is 0.583 bits per heavy atom. The van der Waals surface area contributed by atoms with Crippen molar-refractivity contribution in [3.05, 3.63) is 198 Å². The molecule has 1 spiro atoms. The maximum atomic E-state index is 5.22. The molecule has 2 aliphatic carbocycles. The smallest absolute Gasteiger partial charge is 0.160 e. The first-order chi connectivity index (χ1) is 23.7. The van der Waals surface area contributed by atoms with Gasteiger partial charge in [0.15, 0.2) is 5.82 Å². The van der Waals surface area contributed by atoms with Crippen molar-refractivity contribution in [2.75, 3.05) is 0 Å². The standard InChI is InChI=1S/C46H32N2/c1-3-14-30(15-4-2)42-29-43(48-45(47-42)32-16-6-5-7-17-32)33-26-27-36-34-20-8-10-23-38(34)46(41(36)28-33)39-24-11-9-21-35(39)37-22-12-18-31-19-13-25-40(46)44(31)37/h3-29H,1H2,2H3/b15-4-,30-14+. The number of allylic oxidation sites excluding steroid dienone is 5. The van der Waals surface area contributed by atoms with Gasteiger partial charge >= 0.3 is 0 Å². The van der Waals surface area contributed by atoms with E-state index in [2.05, 4.69) is 134 Å². The summed E-state index contributed by atoms with van der Waals surface area (Å²) >= 11 is 0. The Bertz CT molecular complexity index is 2480. The quantitative estimate of drug-likeness (QED) is 0.181. The molecule has 0 N–H and O–H groups in total. The first-order valence-electron chi connectivity index (χ1n) is 16.5. The summed E-state index contributed by atoms with van der Waals surface area (Å²) in [6, 6.07) is 50.8. The van der Waals surface area contributed by atoms with Crippen molar-refractivity contribution in [3.63, 3.8) is 0 Å². The zero-order valence-electron chi connectivity index (χ0n) is 26.7. The van der Waals surface area contributed by atoms with Crippen molar-refractivity contribution in [3.8, 4) is 44.9 Å². The van der Waals surface area contributed by atoms with Crippen LogP contribution < -0.4 is 0 Å². The lowest BCUT2D eigenvalue weighted by atomic mass is 9.61. The van der Waals surface area contributed by atoms with Gasteiger partial charge in [0.2, 0.25) is 0 Å². The molecule has 2 nitrogen and oxygen atoms in total. The molecule has 1 unspecified atom stereocenters. The summed E-state index contributed by atoms with van der Waals surface area (Å²) < 4.78 is 0. The van der Waals surface area contributed by atoms with E-state index in [1.54, 1.807) is 0 Å². The van der Waals surface area contributed by atoms with Crippen molar-refractivity contribution in [1.29, 1.82) is 0 Å². The van der Waals surface area contributed by atoms with E-state index in [9.17, 15) is 0 Å². The molecule has 48 heavy (non-hydrogen) atoms. The summed E-state index contributed by atoms with van der Waals surface area (Å²) in [5, 5.41) is 2.59. The van der Waals surface area contributed by atoms with E-state index >= 15 is 0 Å². The topological polar surface area (TPSA) is 25.8 Å². The number of nitrogens with zero attached hydrogens (tertiary/aromatic N) is 2. The van der Waals surface area contributed by atoms with Crippen LogP contribution in [0.5, 0.6) is 0 Å². The van der Waals surface area contributed by atoms with E-state index < -0.39 is 5.41 Å². The van der Waals surface area contributed by atoms with Gasteiger partial charge in [0, 0.05) is 11.1 Å². The highest BCUT2D eigenvalue weighted by Gasteiger charge is 2.50. The van der Waals surface area contributed by atoms with E-state index in [-0.39, 0.29) is 0 Å². The van der Waals surface area contributed by atoms with Crippen LogP contribution in [-0.2, 0) is 5.41 Å². The fourth-order valence-corrected chi connectivity index (χ4v) is 8.08. The summed E-state index contributed by atoms with van der Waals surface area (Å²) in [6.45, 7) is 6.00. The largest absolute Gasteiger partial charge is 0.228 e. The predicted molar refractivity (Wildman–Crippen MR) is 200 cm³/mol. The highest BCUT2D eigenvalue weighted by atomic mass is 14.9. The highest BCUT2D eigenvalue weighted by Crippen LogP contribution is 2.62. The summed E-state index contributed by atoms with van der Waals surface area (Å²) in [5.74, 6) is 0.697. The molecule has 226 valence electrons. The van der Waals surface area contributed by atoms with Crippen LogP contribution in [0, 0.1) is 0 Å². The first-order valence-corrected chi connectivity index (χ1v) is 16.5. The molecule has 0 saturated carbocycles. The molecule has 2 aliphatic rings. The molecule has 0 aliphatic heterocycles. The van der Waals surface area contributed by atoms with Crippen LogP contribution in [0.1, 0.15) is 34.9 Å². The Labute approximate surface area is 281 Å². The van der Waals surface area contributed by atoms with Gasteiger partial charge in [-0.2, -0.15) is 0 Å². The van der Waals surface area contributed by atoms with Crippen LogP contribution in [0.25, 0.3) is 61.2 Å².